The molecule has 0 radical (unpaired) electrons. The number of pyridine rings is 1. The van der Waals surface area contributed by atoms with Gasteiger partial charge in [-0.15, -0.1) is 0 Å². The third kappa shape index (κ3) is 5.52. The Balaban J connectivity index is 1.63. The Bertz CT molecular complexity index is 1100. The minimum atomic E-state index is -3.90. The first-order valence-corrected chi connectivity index (χ1v) is 10.1. The third-order valence-electron chi connectivity index (χ3n) is 4.04. The number of sulfonamides is 1. The number of hydrogen-bond donors (Lipinski definition) is 3. The maximum atomic E-state index is 13.4. The number of rotatable bonds is 6. The molecule has 3 N–H and O–H groups in total. The number of nitrogens with one attached hydrogen (secondary N) is 3. The van der Waals surface area contributed by atoms with Gasteiger partial charge in [0.05, 0.1) is 10.6 Å². The summed E-state index contributed by atoms with van der Waals surface area (Å²) in [6.07, 6.45) is 3.29. The molecule has 0 spiro atoms. The Morgan fingerprint density at radius 1 is 1.10 bits per heavy atom. The fourth-order valence-electron chi connectivity index (χ4n) is 2.49. The van der Waals surface area contributed by atoms with E-state index in [-0.39, 0.29) is 10.6 Å². The van der Waals surface area contributed by atoms with Gasteiger partial charge in [0.1, 0.15) is 5.82 Å². The summed E-state index contributed by atoms with van der Waals surface area (Å²) >= 11 is 0. The normalized spacial score (nSPS) is 11.0. The van der Waals surface area contributed by atoms with Crippen LogP contribution in [0.5, 0.6) is 0 Å². The van der Waals surface area contributed by atoms with Crippen molar-refractivity contribution in [3.8, 4) is 0 Å². The molecule has 1 aromatic heterocycles. The molecule has 3 rings (SSSR count). The van der Waals surface area contributed by atoms with E-state index in [9.17, 15) is 17.6 Å². The van der Waals surface area contributed by atoms with Crippen molar-refractivity contribution in [2.75, 3.05) is 10.0 Å². The molecular weight excluding hydrogens is 395 g/mol. The first-order valence-electron chi connectivity index (χ1n) is 8.66. The van der Waals surface area contributed by atoms with Crippen LogP contribution in [0.4, 0.5) is 20.6 Å². The summed E-state index contributed by atoms with van der Waals surface area (Å²) in [5.74, 6) is -0.537. The predicted octanol–water partition coefficient (Wildman–Crippen LogP) is 3.65. The Hall–Kier alpha value is -3.46. The van der Waals surface area contributed by atoms with Crippen LogP contribution in [0.1, 0.15) is 11.1 Å². The number of halogens is 1. The van der Waals surface area contributed by atoms with Crippen LogP contribution in [-0.2, 0) is 16.6 Å². The lowest BCUT2D eigenvalue weighted by Crippen LogP contribution is -2.28. The van der Waals surface area contributed by atoms with E-state index in [1.807, 2.05) is 6.07 Å². The SMILES string of the molecule is Cc1ccc(F)cc1NS(=O)(=O)c1ccc(NC(=O)NCc2cccnc2)cc1. The van der Waals surface area contributed by atoms with E-state index in [0.717, 1.165) is 11.6 Å². The van der Waals surface area contributed by atoms with Crippen molar-refractivity contribution >= 4 is 27.4 Å². The van der Waals surface area contributed by atoms with Gasteiger partial charge in [-0.05, 0) is 60.5 Å². The summed E-state index contributed by atoms with van der Waals surface area (Å²) in [5, 5.41) is 5.30. The first kappa shape index (κ1) is 20.3. The van der Waals surface area contributed by atoms with E-state index in [1.165, 1.54) is 36.4 Å². The van der Waals surface area contributed by atoms with E-state index < -0.39 is 21.9 Å². The zero-order chi connectivity index (χ0) is 20.9. The van der Waals surface area contributed by atoms with Crippen LogP contribution in [0, 0.1) is 12.7 Å². The quantitative estimate of drug-likeness (QED) is 0.573. The molecule has 0 aliphatic carbocycles. The fourth-order valence-corrected chi connectivity index (χ4v) is 3.61. The van der Waals surface area contributed by atoms with Gasteiger partial charge in [0, 0.05) is 24.6 Å². The highest BCUT2D eigenvalue weighted by Crippen LogP contribution is 2.21. The number of urea groups is 1. The largest absolute Gasteiger partial charge is 0.334 e. The van der Waals surface area contributed by atoms with Crippen LogP contribution in [0.2, 0.25) is 0 Å². The molecule has 2 amide bonds. The summed E-state index contributed by atoms with van der Waals surface area (Å²) < 4.78 is 40.8. The van der Waals surface area contributed by atoms with Crippen LogP contribution in [0.3, 0.4) is 0 Å². The topological polar surface area (TPSA) is 100 Å². The van der Waals surface area contributed by atoms with E-state index in [0.29, 0.717) is 17.8 Å². The standard InChI is InChI=1S/C20H19FN4O3S/c1-14-4-5-16(21)11-19(14)25-29(27,28)18-8-6-17(7-9-18)24-20(26)23-13-15-3-2-10-22-12-15/h2-12,25H,13H2,1H3,(H2,23,24,26). The van der Waals surface area contributed by atoms with Crippen molar-refractivity contribution in [1.82, 2.24) is 10.3 Å². The first-order chi connectivity index (χ1) is 13.8. The molecule has 150 valence electrons. The highest BCUT2D eigenvalue weighted by atomic mass is 32.2. The number of carbonyl (C=O) groups excluding carboxylic acids is 1. The number of aromatic nitrogens is 1. The van der Waals surface area contributed by atoms with Gasteiger partial charge in [-0.25, -0.2) is 17.6 Å². The lowest BCUT2D eigenvalue weighted by molar-refractivity contribution is 0.251. The maximum absolute atomic E-state index is 13.4. The van der Waals surface area contributed by atoms with E-state index >= 15 is 0 Å². The van der Waals surface area contributed by atoms with Crippen LogP contribution in [0.15, 0.2) is 71.9 Å². The molecule has 0 bridgehead atoms. The van der Waals surface area contributed by atoms with E-state index in [4.69, 9.17) is 0 Å². The van der Waals surface area contributed by atoms with Crippen LogP contribution >= 0.6 is 0 Å². The Labute approximate surface area is 168 Å². The molecule has 7 nitrogen and oxygen atoms in total. The second-order valence-electron chi connectivity index (χ2n) is 6.26. The summed E-state index contributed by atoms with van der Waals surface area (Å²) in [7, 11) is -3.90. The summed E-state index contributed by atoms with van der Waals surface area (Å²) in [4.78, 5) is 15.9. The molecule has 9 heteroatoms. The number of aryl methyl sites for hydroxylation is 1. The van der Waals surface area contributed by atoms with Gasteiger partial charge in [0.25, 0.3) is 10.0 Å². The highest BCUT2D eigenvalue weighted by molar-refractivity contribution is 7.92. The molecule has 0 aliphatic rings. The van der Waals surface area contributed by atoms with Crippen molar-refractivity contribution in [2.24, 2.45) is 0 Å². The van der Waals surface area contributed by atoms with Crippen molar-refractivity contribution in [1.29, 1.82) is 0 Å². The van der Waals surface area contributed by atoms with E-state index in [1.54, 1.807) is 25.4 Å². The lowest BCUT2D eigenvalue weighted by Gasteiger charge is -2.12. The van der Waals surface area contributed by atoms with Gasteiger partial charge >= 0.3 is 6.03 Å². The molecule has 0 atom stereocenters. The highest BCUT2D eigenvalue weighted by Gasteiger charge is 2.16. The van der Waals surface area contributed by atoms with Gasteiger partial charge in [-0.2, -0.15) is 0 Å². The minimum absolute atomic E-state index is 0.0116. The minimum Gasteiger partial charge on any atom is -0.334 e. The molecule has 0 aliphatic heterocycles. The smallest absolute Gasteiger partial charge is 0.319 e. The van der Waals surface area contributed by atoms with Crippen LogP contribution in [0.25, 0.3) is 0 Å². The summed E-state index contributed by atoms with van der Waals surface area (Å²) in [6, 6.07) is 12.7. The molecule has 0 saturated heterocycles. The fraction of sp³-hybridized carbons (Fsp3) is 0.100. The van der Waals surface area contributed by atoms with Gasteiger partial charge in [-0.3, -0.25) is 9.71 Å². The monoisotopic (exact) mass is 414 g/mol. The second-order valence-corrected chi connectivity index (χ2v) is 7.94. The Morgan fingerprint density at radius 3 is 2.55 bits per heavy atom. The molecule has 2 aromatic carbocycles. The van der Waals surface area contributed by atoms with E-state index in [2.05, 4.69) is 20.3 Å². The maximum Gasteiger partial charge on any atom is 0.319 e. The third-order valence-corrected chi connectivity index (χ3v) is 5.42. The summed E-state index contributed by atoms with van der Waals surface area (Å²) in [6.45, 7) is 1.98. The molecule has 0 unspecified atom stereocenters. The van der Waals surface area contributed by atoms with Crippen molar-refractivity contribution in [2.45, 2.75) is 18.4 Å². The van der Waals surface area contributed by atoms with Crippen LogP contribution < -0.4 is 15.4 Å². The van der Waals surface area contributed by atoms with Crippen molar-refractivity contribution in [3.63, 3.8) is 0 Å². The molecule has 1 heterocycles. The average molecular weight is 414 g/mol. The lowest BCUT2D eigenvalue weighted by atomic mass is 10.2. The van der Waals surface area contributed by atoms with Crippen molar-refractivity contribution < 1.29 is 17.6 Å². The zero-order valence-electron chi connectivity index (χ0n) is 15.5. The molecule has 0 saturated carbocycles. The number of nitrogens with zero attached hydrogens (tertiary/aromatic N) is 1. The molecule has 3 aromatic rings. The second kappa shape index (κ2) is 8.70. The predicted molar refractivity (Wildman–Crippen MR) is 108 cm³/mol. The van der Waals surface area contributed by atoms with Gasteiger partial charge < -0.3 is 10.6 Å². The number of benzene rings is 2. The molecular formula is C20H19FN4O3S. The zero-order valence-corrected chi connectivity index (χ0v) is 16.3. The Kier molecular flexibility index (Phi) is 6.08. The molecule has 0 fully saturated rings. The Morgan fingerprint density at radius 2 is 1.86 bits per heavy atom. The number of amides is 2. The van der Waals surface area contributed by atoms with Gasteiger partial charge in [0.15, 0.2) is 0 Å². The number of carbonyl (C=O) groups is 1. The molecule has 29 heavy (non-hydrogen) atoms. The van der Waals surface area contributed by atoms with Crippen molar-refractivity contribution in [3.05, 3.63) is 83.9 Å². The number of hydrogen-bond acceptors (Lipinski definition) is 4. The van der Waals surface area contributed by atoms with Gasteiger partial charge in [0.2, 0.25) is 0 Å². The summed E-state index contributed by atoms with van der Waals surface area (Å²) in [5.41, 5.74) is 2.04. The average Bonchev–Trinajstić information content (AvgIpc) is 2.70. The van der Waals surface area contributed by atoms with Gasteiger partial charge in [-0.1, -0.05) is 12.1 Å². The number of anilines is 2. The van der Waals surface area contributed by atoms with Crippen LogP contribution in [-0.4, -0.2) is 19.4 Å².